The molecule has 1 saturated carbocycles. The lowest BCUT2D eigenvalue weighted by molar-refractivity contribution is -0.274. The molecule has 2 unspecified atom stereocenters. The molecule has 2 aliphatic rings. The number of alkyl halides is 3. The Morgan fingerprint density at radius 2 is 1.74 bits per heavy atom. The van der Waals surface area contributed by atoms with Crippen molar-refractivity contribution in [3.05, 3.63) is 59.7 Å². The van der Waals surface area contributed by atoms with Crippen molar-refractivity contribution in [1.82, 2.24) is 0 Å². The van der Waals surface area contributed by atoms with Crippen LogP contribution < -0.4 is 15.8 Å². The predicted molar refractivity (Wildman–Crippen MR) is 116 cm³/mol. The van der Waals surface area contributed by atoms with Gasteiger partial charge in [0, 0.05) is 29.6 Å². The van der Waals surface area contributed by atoms with Crippen molar-refractivity contribution < 1.29 is 37.4 Å². The summed E-state index contributed by atoms with van der Waals surface area (Å²) in [6.45, 7) is 0. The maximum Gasteiger partial charge on any atom is 0.573 e. The van der Waals surface area contributed by atoms with E-state index in [-0.39, 0.29) is 17.5 Å². The molecule has 4 atom stereocenters. The number of carboxylic acids is 1. The molecule has 10 heteroatoms. The summed E-state index contributed by atoms with van der Waals surface area (Å²) in [6, 6.07) is 11.1. The molecule has 2 aromatic rings. The highest BCUT2D eigenvalue weighted by Crippen LogP contribution is 2.50. The van der Waals surface area contributed by atoms with Crippen LogP contribution in [0, 0.1) is 5.92 Å². The number of halogens is 3. The molecule has 0 amide bonds. The summed E-state index contributed by atoms with van der Waals surface area (Å²) in [5.74, 6) is -4.82. The van der Waals surface area contributed by atoms with Crippen molar-refractivity contribution in [2.45, 2.75) is 49.5 Å². The normalized spacial score (nSPS) is 23.1. The SMILES string of the molecule is NC(CC(=O)C(=O)c1ccc(OC(F)(F)F)cc1)(C(=O)O)C1c2ccccc2N[C@@H]2CCC[C@H]12. The van der Waals surface area contributed by atoms with Crippen LogP contribution in [0.2, 0.25) is 0 Å². The van der Waals surface area contributed by atoms with Gasteiger partial charge >= 0.3 is 12.3 Å². The highest BCUT2D eigenvalue weighted by atomic mass is 19.4. The van der Waals surface area contributed by atoms with Crippen molar-refractivity contribution >= 4 is 23.2 Å². The van der Waals surface area contributed by atoms with Gasteiger partial charge in [0.25, 0.3) is 0 Å². The first-order valence-electron chi connectivity index (χ1n) is 10.8. The Hall–Kier alpha value is -3.40. The van der Waals surface area contributed by atoms with Crippen LogP contribution in [-0.2, 0) is 9.59 Å². The molecule has 1 fully saturated rings. The maximum absolute atomic E-state index is 12.9. The number of rotatable bonds is 7. The molecular formula is C24H23F3N2O5. The van der Waals surface area contributed by atoms with Crippen molar-refractivity contribution in [3.8, 4) is 5.75 Å². The van der Waals surface area contributed by atoms with E-state index in [1.165, 1.54) is 0 Å². The minimum Gasteiger partial charge on any atom is -0.480 e. The molecule has 4 N–H and O–H groups in total. The minimum atomic E-state index is -4.90. The zero-order valence-corrected chi connectivity index (χ0v) is 18.0. The highest BCUT2D eigenvalue weighted by Gasteiger charge is 2.53. The Morgan fingerprint density at radius 1 is 1.06 bits per heavy atom. The van der Waals surface area contributed by atoms with Crippen LogP contribution in [0.3, 0.4) is 0 Å². The smallest absolute Gasteiger partial charge is 0.480 e. The number of carbonyl (C=O) groups is 3. The zero-order chi connectivity index (χ0) is 24.7. The summed E-state index contributed by atoms with van der Waals surface area (Å²) in [5, 5.41) is 13.6. The number of anilines is 1. The van der Waals surface area contributed by atoms with Crippen molar-refractivity contribution in [1.29, 1.82) is 0 Å². The van der Waals surface area contributed by atoms with Gasteiger partial charge in [-0.25, -0.2) is 0 Å². The number of carboxylic acid groups (broad SMARTS) is 1. The summed E-state index contributed by atoms with van der Waals surface area (Å²) >= 11 is 0. The van der Waals surface area contributed by atoms with Gasteiger partial charge in [0.15, 0.2) is 0 Å². The second-order valence-electron chi connectivity index (χ2n) is 8.76. The van der Waals surface area contributed by atoms with Crippen LogP contribution in [0.4, 0.5) is 18.9 Å². The summed E-state index contributed by atoms with van der Waals surface area (Å²) in [7, 11) is 0. The van der Waals surface area contributed by atoms with E-state index in [1.54, 1.807) is 12.1 Å². The molecule has 1 heterocycles. The van der Waals surface area contributed by atoms with E-state index in [0.29, 0.717) is 5.56 Å². The van der Waals surface area contributed by atoms with Crippen molar-refractivity contribution in [3.63, 3.8) is 0 Å². The van der Waals surface area contributed by atoms with Crippen LogP contribution in [0.25, 0.3) is 0 Å². The number of hydrogen-bond donors (Lipinski definition) is 3. The highest BCUT2D eigenvalue weighted by molar-refractivity contribution is 6.44. The lowest BCUT2D eigenvalue weighted by Gasteiger charge is -2.44. The maximum atomic E-state index is 12.9. The summed E-state index contributed by atoms with van der Waals surface area (Å²) in [6.07, 6.45) is -3.20. The van der Waals surface area contributed by atoms with Gasteiger partial charge in [0.2, 0.25) is 11.6 Å². The molecule has 0 spiro atoms. The van der Waals surface area contributed by atoms with E-state index in [2.05, 4.69) is 10.1 Å². The molecule has 0 bridgehead atoms. The Bertz CT molecular complexity index is 1120. The predicted octanol–water partition coefficient (Wildman–Crippen LogP) is 3.89. The van der Waals surface area contributed by atoms with Crippen molar-refractivity contribution in [2.75, 3.05) is 5.32 Å². The minimum absolute atomic E-state index is 0.00848. The van der Waals surface area contributed by atoms with Gasteiger partial charge in [-0.3, -0.25) is 14.4 Å². The average Bonchev–Trinajstić information content (AvgIpc) is 3.24. The summed E-state index contributed by atoms with van der Waals surface area (Å²) in [5.41, 5.74) is 5.66. The molecule has 4 rings (SSSR count). The summed E-state index contributed by atoms with van der Waals surface area (Å²) < 4.78 is 40.8. The van der Waals surface area contributed by atoms with E-state index in [1.807, 2.05) is 12.1 Å². The lowest BCUT2D eigenvalue weighted by atomic mass is 9.66. The molecular weight excluding hydrogens is 453 g/mol. The first kappa shape index (κ1) is 23.7. The van der Waals surface area contributed by atoms with Gasteiger partial charge < -0.3 is 20.9 Å². The number of ether oxygens (including phenoxy) is 1. The molecule has 1 aliphatic carbocycles. The monoisotopic (exact) mass is 476 g/mol. The van der Waals surface area contributed by atoms with Crippen LogP contribution in [0.1, 0.15) is 47.5 Å². The average molecular weight is 476 g/mol. The first-order valence-corrected chi connectivity index (χ1v) is 10.8. The number of aliphatic carboxylic acids is 1. The Balaban J connectivity index is 1.61. The topological polar surface area (TPSA) is 119 Å². The Kier molecular flexibility index (Phi) is 6.11. The largest absolute Gasteiger partial charge is 0.573 e. The van der Waals surface area contributed by atoms with Gasteiger partial charge in [-0.15, -0.1) is 13.2 Å². The number of fused-ring (bicyclic) bond motifs is 2. The van der Waals surface area contributed by atoms with Gasteiger partial charge in [-0.1, -0.05) is 24.6 Å². The van der Waals surface area contributed by atoms with Crippen LogP contribution in [0.15, 0.2) is 48.5 Å². The third kappa shape index (κ3) is 4.50. The molecule has 34 heavy (non-hydrogen) atoms. The molecule has 2 aromatic carbocycles. The molecule has 180 valence electrons. The number of nitrogens with one attached hydrogen (secondary N) is 1. The molecule has 0 saturated heterocycles. The fourth-order valence-corrected chi connectivity index (χ4v) is 5.19. The number of Topliss-reactive ketones (excluding diaryl/α,β-unsaturated/α-hetero) is 2. The number of ketones is 2. The molecule has 1 aliphatic heterocycles. The van der Waals surface area contributed by atoms with Gasteiger partial charge in [0.05, 0.1) is 0 Å². The zero-order valence-electron chi connectivity index (χ0n) is 18.0. The lowest BCUT2D eigenvalue weighted by Crippen LogP contribution is -2.59. The first-order chi connectivity index (χ1) is 16.0. The number of nitrogens with two attached hydrogens (primary N) is 1. The van der Waals surface area contributed by atoms with E-state index >= 15 is 0 Å². The van der Waals surface area contributed by atoms with Gasteiger partial charge in [-0.2, -0.15) is 0 Å². The third-order valence-electron chi connectivity index (χ3n) is 6.64. The van der Waals surface area contributed by atoms with E-state index in [0.717, 1.165) is 49.2 Å². The second-order valence-corrected chi connectivity index (χ2v) is 8.76. The fraction of sp³-hybridized carbons (Fsp3) is 0.375. The van der Waals surface area contributed by atoms with E-state index in [4.69, 9.17) is 5.73 Å². The number of carbonyl (C=O) groups excluding carboxylic acids is 2. The molecule has 0 radical (unpaired) electrons. The van der Waals surface area contributed by atoms with Crippen LogP contribution in [-0.4, -0.2) is 40.6 Å². The van der Waals surface area contributed by atoms with Gasteiger partial charge in [0.1, 0.15) is 11.3 Å². The fourth-order valence-electron chi connectivity index (χ4n) is 5.19. The molecule has 7 nitrogen and oxygen atoms in total. The number of benzene rings is 2. The van der Waals surface area contributed by atoms with Crippen LogP contribution in [0.5, 0.6) is 5.75 Å². The summed E-state index contributed by atoms with van der Waals surface area (Å²) in [4.78, 5) is 38.1. The number of para-hydroxylation sites is 1. The second kappa shape index (κ2) is 8.75. The van der Waals surface area contributed by atoms with E-state index < -0.39 is 47.5 Å². The van der Waals surface area contributed by atoms with Crippen LogP contribution >= 0.6 is 0 Å². The standard InChI is InChI=1S/C24H23F3N2O5/c25-24(26,27)34-14-10-8-13(9-11-14)21(31)19(30)12-23(28,22(32)33)20-15-4-1-2-6-17(15)29-18-7-3-5-16(18)20/h1-2,4,6,8-11,16,18,20,29H,3,5,7,12,28H2,(H,32,33)/t16-,18+,20?,23?/m0/s1. The van der Waals surface area contributed by atoms with E-state index in [9.17, 15) is 32.7 Å². The quantitative estimate of drug-likeness (QED) is 0.410. The Labute approximate surface area is 193 Å². The third-order valence-corrected chi connectivity index (χ3v) is 6.64. The Morgan fingerprint density at radius 3 is 2.38 bits per heavy atom. The number of hydrogen-bond acceptors (Lipinski definition) is 6. The molecule has 0 aromatic heterocycles. The van der Waals surface area contributed by atoms with Gasteiger partial charge in [-0.05, 0) is 54.7 Å². The van der Waals surface area contributed by atoms with Crippen molar-refractivity contribution in [2.24, 2.45) is 11.7 Å².